The monoisotopic (exact) mass is 179 g/mol. The molecule has 70 valence electrons. The average Bonchev–Trinajstić information content (AvgIpc) is 2.47. The molecule has 0 radical (unpaired) electrons. The second-order valence-electron chi connectivity index (χ2n) is 3.28. The summed E-state index contributed by atoms with van der Waals surface area (Å²) in [6, 6.07) is 3.95. The summed E-state index contributed by atoms with van der Waals surface area (Å²) in [6.07, 6.45) is 0. The van der Waals surface area contributed by atoms with Gasteiger partial charge in [-0.1, -0.05) is 0 Å². The topological polar surface area (TPSA) is 44.5 Å². The smallest absolute Gasteiger partial charge is 0.128 e. The van der Waals surface area contributed by atoms with Crippen LogP contribution >= 0.6 is 0 Å². The molecule has 0 unspecified atom stereocenters. The number of hydrogen-bond donors (Lipinski definition) is 1. The number of aryl methyl sites for hydroxylation is 1. The van der Waals surface area contributed by atoms with Gasteiger partial charge in [0.2, 0.25) is 0 Å². The molecule has 0 bridgehead atoms. The highest BCUT2D eigenvalue weighted by Gasteiger charge is 2.21. The molecule has 1 aliphatic rings. The molecule has 2 rings (SSSR count). The van der Waals surface area contributed by atoms with Crippen molar-refractivity contribution in [3.8, 4) is 11.5 Å². The Kier molecular flexibility index (Phi) is 1.88. The van der Waals surface area contributed by atoms with E-state index >= 15 is 0 Å². The van der Waals surface area contributed by atoms with Crippen molar-refractivity contribution in [2.45, 2.75) is 13.0 Å². The van der Waals surface area contributed by atoms with Gasteiger partial charge in [0, 0.05) is 11.6 Å². The number of rotatable bonds is 1. The molecule has 0 aromatic heterocycles. The van der Waals surface area contributed by atoms with Gasteiger partial charge < -0.3 is 15.2 Å². The fourth-order valence-corrected chi connectivity index (χ4v) is 1.60. The van der Waals surface area contributed by atoms with Crippen molar-refractivity contribution in [1.29, 1.82) is 0 Å². The zero-order chi connectivity index (χ0) is 9.42. The molecule has 1 atom stereocenters. The van der Waals surface area contributed by atoms with Crippen LogP contribution in [-0.4, -0.2) is 13.7 Å². The van der Waals surface area contributed by atoms with Crippen LogP contribution in [0.1, 0.15) is 17.2 Å². The lowest BCUT2D eigenvalue weighted by Crippen LogP contribution is -2.10. The first kappa shape index (κ1) is 8.38. The highest BCUT2D eigenvalue weighted by Crippen LogP contribution is 2.36. The SMILES string of the molecule is COc1cc2c(cc1C)[C@H](N)CO2. The van der Waals surface area contributed by atoms with E-state index in [4.69, 9.17) is 15.2 Å². The Hall–Kier alpha value is -1.22. The van der Waals surface area contributed by atoms with Gasteiger partial charge in [-0.2, -0.15) is 0 Å². The Bertz CT molecular complexity index is 336. The molecule has 0 spiro atoms. The lowest BCUT2D eigenvalue weighted by atomic mass is 10.1. The van der Waals surface area contributed by atoms with Gasteiger partial charge in [-0.15, -0.1) is 0 Å². The predicted octanol–water partition coefficient (Wildman–Crippen LogP) is 1.40. The van der Waals surface area contributed by atoms with Crippen LogP contribution in [0.15, 0.2) is 12.1 Å². The van der Waals surface area contributed by atoms with E-state index in [1.807, 2.05) is 19.1 Å². The van der Waals surface area contributed by atoms with E-state index in [0.717, 1.165) is 22.6 Å². The van der Waals surface area contributed by atoms with Crippen LogP contribution in [0.25, 0.3) is 0 Å². The van der Waals surface area contributed by atoms with E-state index in [1.54, 1.807) is 7.11 Å². The molecular weight excluding hydrogens is 166 g/mol. The van der Waals surface area contributed by atoms with Gasteiger partial charge in [0.05, 0.1) is 13.2 Å². The third-order valence-electron chi connectivity index (χ3n) is 2.35. The van der Waals surface area contributed by atoms with Crippen LogP contribution in [0.3, 0.4) is 0 Å². The molecule has 0 saturated heterocycles. The number of hydrogen-bond acceptors (Lipinski definition) is 3. The summed E-state index contributed by atoms with van der Waals surface area (Å²) >= 11 is 0. The number of methoxy groups -OCH3 is 1. The Labute approximate surface area is 77.5 Å². The largest absolute Gasteiger partial charge is 0.496 e. The molecule has 3 nitrogen and oxygen atoms in total. The molecule has 2 N–H and O–H groups in total. The van der Waals surface area contributed by atoms with Gasteiger partial charge in [0.1, 0.15) is 18.1 Å². The maximum Gasteiger partial charge on any atom is 0.128 e. The molecular formula is C10H13NO2. The number of fused-ring (bicyclic) bond motifs is 1. The fourth-order valence-electron chi connectivity index (χ4n) is 1.60. The lowest BCUT2D eigenvalue weighted by Gasteiger charge is -2.07. The van der Waals surface area contributed by atoms with Crippen molar-refractivity contribution < 1.29 is 9.47 Å². The van der Waals surface area contributed by atoms with E-state index in [0.29, 0.717) is 6.61 Å². The van der Waals surface area contributed by atoms with Crippen molar-refractivity contribution in [1.82, 2.24) is 0 Å². The summed E-state index contributed by atoms with van der Waals surface area (Å²) < 4.78 is 10.6. The molecule has 3 heteroatoms. The Morgan fingerprint density at radius 3 is 3.00 bits per heavy atom. The Morgan fingerprint density at radius 1 is 1.54 bits per heavy atom. The van der Waals surface area contributed by atoms with E-state index in [-0.39, 0.29) is 6.04 Å². The second kappa shape index (κ2) is 2.92. The molecule has 0 amide bonds. The van der Waals surface area contributed by atoms with Gasteiger partial charge in [0.15, 0.2) is 0 Å². The first-order chi connectivity index (χ1) is 6.22. The van der Waals surface area contributed by atoms with E-state index in [2.05, 4.69) is 0 Å². The van der Waals surface area contributed by atoms with Crippen molar-refractivity contribution >= 4 is 0 Å². The summed E-state index contributed by atoms with van der Waals surface area (Å²) in [5.74, 6) is 1.71. The first-order valence-corrected chi connectivity index (χ1v) is 4.29. The predicted molar refractivity (Wildman–Crippen MR) is 50.2 cm³/mol. The van der Waals surface area contributed by atoms with E-state index < -0.39 is 0 Å². The zero-order valence-electron chi connectivity index (χ0n) is 7.83. The molecule has 1 aliphatic heterocycles. The standard InChI is InChI=1S/C10H13NO2/c1-6-3-7-8(11)5-13-10(7)4-9(6)12-2/h3-4,8H,5,11H2,1-2H3/t8-/m1/s1. The minimum atomic E-state index is 0.0135. The summed E-state index contributed by atoms with van der Waals surface area (Å²) in [4.78, 5) is 0. The normalized spacial score (nSPS) is 19.5. The maximum atomic E-state index is 5.84. The highest BCUT2D eigenvalue weighted by atomic mass is 16.5. The van der Waals surface area contributed by atoms with Gasteiger partial charge in [-0.05, 0) is 18.6 Å². The summed E-state index contributed by atoms with van der Waals surface area (Å²) in [7, 11) is 1.66. The second-order valence-corrected chi connectivity index (χ2v) is 3.28. The van der Waals surface area contributed by atoms with Crippen LogP contribution in [0.5, 0.6) is 11.5 Å². The first-order valence-electron chi connectivity index (χ1n) is 4.29. The quantitative estimate of drug-likeness (QED) is 0.708. The highest BCUT2D eigenvalue weighted by molar-refractivity contribution is 5.49. The molecule has 1 heterocycles. The Balaban J connectivity index is 2.50. The van der Waals surface area contributed by atoms with Crippen LogP contribution in [0.4, 0.5) is 0 Å². The number of benzene rings is 1. The maximum absolute atomic E-state index is 5.84. The molecule has 13 heavy (non-hydrogen) atoms. The van der Waals surface area contributed by atoms with Crippen molar-refractivity contribution in [2.75, 3.05) is 13.7 Å². The van der Waals surface area contributed by atoms with Crippen molar-refractivity contribution in [3.63, 3.8) is 0 Å². The number of nitrogens with two attached hydrogens (primary N) is 1. The average molecular weight is 179 g/mol. The molecule has 1 aromatic rings. The van der Waals surface area contributed by atoms with Gasteiger partial charge in [-0.25, -0.2) is 0 Å². The summed E-state index contributed by atoms with van der Waals surface area (Å²) in [6.45, 7) is 2.58. The summed E-state index contributed by atoms with van der Waals surface area (Å²) in [5, 5.41) is 0. The van der Waals surface area contributed by atoms with E-state index in [1.165, 1.54) is 0 Å². The van der Waals surface area contributed by atoms with Crippen LogP contribution in [0.2, 0.25) is 0 Å². The van der Waals surface area contributed by atoms with Gasteiger partial charge in [-0.3, -0.25) is 0 Å². The molecule has 0 saturated carbocycles. The summed E-state index contributed by atoms with van der Waals surface area (Å²) in [5.41, 5.74) is 8.02. The molecule has 0 fully saturated rings. The van der Waals surface area contributed by atoms with Gasteiger partial charge in [0.25, 0.3) is 0 Å². The van der Waals surface area contributed by atoms with E-state index in [9.17, 15) is 0 Å². The van der Waals surface area contributed by atoms with Crippen molar-refractivity contribution in [3.05, 3.63) is 23.3 Å². The third kappa shape index (κ3) is 1.25. The minimum absolute atomic E-state index is 0.0135. The van der Waals surface area contributed by atoms with Crippen LogP contribution in [0, 0.1) is 6.92 Å². The van der Waals surface area contributed by atoms with Crippen LogP contribution < -0.4 is 15.2 Å². The van der Waals surface area contributed by atoms with Crippen molar-refractivity contribution in [2.24, 2.45) is 5.73 Å². The lowest BCUT2D eigenvalue weighted by molar-refractivity contribution is 0.331. The zero-order valence-corrected chi connectivity index (χ0v) is 7.83. The minimum Gasteiger partial charge on any atom is -0.496 e. The van der Waals surface area contributed by atoms with Crippen LogP contribution in [-0.2, 0) is 0 Å². The third-order valence-corrected chi connectivity index (χ3v) is 2.35. The fraction of sp³-hybridized carbons (Fsp3) is 0.400. The number of ether oxygens (including phenoxy) is 2. The van der Waals surface area contributed by atoms with Gasteiger partial charge >= 0.3 is 0 Å². The molecule has 0 aliphatic carbocycles. The molecule has 1 aromatic carbocycles. The Morgan fingerprint density at radius 2 is 2.31 bits per heavy atom.